The second kappa shape index (κ2) is 11.0. The van der Waals surface area contributed by atoms with Gasteiger partial charge >= 0.3 is 11.7 Å². The van der Waals surface area contributed by atoms with Crippen LogP contribution in [-0.2, 0) is 34.4 Å². The number of amides is 2. The maximum absolute atomic E-state index is 13.0. The number of rotatable bonds is 8. The first-order valence-electron chi connectivity index (χ1n) is 10.6. The second-order valence-corrected chi connectivity index (χ2v) is 9.31. The Morgan fingerprint density at radius 2 is 1.83 bits per heavy atom. The fourth-order valence-corrected chi connectivity index (χ4v) is 3.89. The van der Waals surface area contributed by atoms with Gasteiger partial charge < -0.3 is 15.4 Å². The lowest BCUT2D eigenvalue weighted by Gasteiger charge is -2.19. The Balaban J connectivity index is 1.91. The van der Waals surface area contributed by atoms with Crippen molar-refractivity contribution in [3.8, 4) is 0 Å². The van der Waals surface area contributed by atoms with E-state index < -0.39 is 45.9 Å². The molecule has 2 atom stereocenters. The number of anilines is 1. The quantitative estimate of drug-likeness (QED) is 0.368. The fourth-order valence-electron chi connectivity index (χ4n) is 3.33. The van der Waals surface area contributed by atoms with Crippen LogP contribution in [0.3, 0.4) is 0 Å². The Morgan fingerprint density at radius 1 is 1.14 bits per heavy atom. The summed E-state index contributed by atoms with van der Waals surface area (Å²) in [4.78, 5) is 70.7. The lowest BCUT2D eigenvalue weighted by atomic mass is 10.1. The van der Waals surface area contributed by atoms with Crippen molar-refractivity contribution in [3.63, 3.8) is 0 Å². The molecule has 13 nitrogen and oxygen atoms in total. The number of benzene rings is 1. The number of nitrogens with one attached hydrogen (secondary N) is 2. The normalized spacial score (nSPS) is 12.6. The molecule has 0 aliphatic heterocycles. The van der Waals surface area contributed by atoms with Gasteiger partial charge in [-0.2, -0.15) is 0 Å². The molecule has 190 valence electrons. The van der Waals surface area contributed by atoms with Gasteiger partial charge in [-0.05, 0) is 18.6 Å². The van der Waals surface area contributed by atoms with Gasteiger partial charge in [0.1, 0.15) is 11.7 Å². The minimum atomic E-state index is -1.26. The van der Waals surface area contributed by atoms with Crippen molar-refractivity contribution in [2.75, 3.05) is 24.4 Å². The molecule has 14 heteroatoms. The van der Waals surface area contributed by atoms with Crippen molar-refractivity contribution in [3.05, 3.63) is 62.6 Å². The summed E-state index contributed by atoms with van der Waals surface area (Å²) in [5, 5.41) is 5.10. The molecule has 0 unspecified atom stereocenters. The molecular formula is C22H24N6O7S. The summed E-state index contributed by atoms with van der Waals surface area (Å²) < 4.78 is 18.3. The van der Waals surface area contributed by atoms with Crippen molar-refractivity contribution in [1.82, 2.24) is 24.4 Å². The molecule has 2 aromatic heterocycles. The molecule has 0 aliphatic rings. The van der Waals surface area contributed by atoms with E-state index in [9.17, 15) is 28.2 Å². The molecule has 0 bridgehead atoms. The molecule has 36 heavy (non-hydrogen) atoms. The summed E-state index contributed by atoms with van der Waals surface area (Å²) in [6, 6.07) is 5.01. The Kier molecular flexibility index (Phi) is 8.09. The molecule has 2 N–H and O–H groups in total. The first kappa shape index (κ1) is 26.4. The second-order valence-electron chi connectivity index (χ2n) is 7.75. The monoisotopic (exact) mass is 516 g/mol. The zero-order valence-corrected chi connectivity index (χ0v) is 20.7. The summed E-state index contributed by atoms with van der Waals surface area (Å²) in [5.41, 5.74) is -1.52. The Bertz CT molecular complexity index is 1500. The Labute approximate surface area is 207 Å². The molecule has 0 saturated carbocycles. The van der Waals surface area contributed by atoms with Crippen LogP contribution in [0.1, 0.15) is 27.3 Å². The number of aryl methyl sites for hydroxylation is 1. The Hall–Kier alpha value is -4.20. The topological polar surface area (TPSA) is 171 Å². The third kappa shape index (κ3) is 5.54. The third-order valence-corrected chi connectivity index (χ3v) is 6.10. The lowest BCUT2D eigenvalue weighted by Crippen LogP contribution is -2.45. The fraction of sp³-hybridized carbons (Fsp3) is 0.318. The molecule has 0 fully saturated rings. The smallest absolute Gasteiger partial charge is 0.339 e. The molecule has 2 heterocycles. The van der Waals surface area contributed by atoms with Crippen LogP contribution in [0.2, 0.25) is 0 Å². The number of nitrogens with zero attached hydrogens (tertiary/aromatic N) is 4. The summed E-state index contributed by atoms with van der Waals surface area (Å²) in [6.45, 7) is 0. The number of aromatic nitrogens is 4. The van der Waals surface area contributed by atoms with E-state index in [1.807, 2.05) is 0 Å². The Morgan fingerprint density at radius 3 is 2.50 bits per heavy atom. The van der Waals surface area contributed by atoms with Crippen LogP contribution >= 0.6 is 0 Å². The zero-order chi connectivity index (χ0) is 26.6. The van der Waals surface area contributed by atoms with E-state index in [4.69, 9.17) is 4.74 Å². The molecule has 0 saturated heterocycles. The van der Waals surface area contributed by atoms with Gasteiger partial charge in [0, 0.05) is 36.9 Å². The van der Waals surface area contributed by atoms with Crippen LogP contribution in [0.5, 0.6) is 0 Å². The molecule has 3 aromatic rings. The average Bonchev–Trinajstić information content (AvgIpc) is 2.87. The highest BCUT2D eigenvalue weighted by Crippen LogP contribution is 2.17. The number of carbonyl (C=O) groups is 3. The zero-order valence-electron chi connectivity index (χ0n) is 19.9. The van der Waals surface area contributed by atoms with Crippen LogP contribution in [0.25, 0.3) is 11.2 Å². The number of methoxy groups -OCH3 is 1. The number of para-hydroxylation sites is 1. The largest absolute Gasteiger partial charge is 0.465 e. The first-order chi connectivity index (χ1) is 17.0. The highest BCUT2D eigenvalue weighted by atomic mass is 32.2. The number of carbonyl (C=O) groups excluding carboxylic acids is 3. The molecule has 0 radical (unpaired) electrons. The van der Waals surface area contributed by atoms with Gasteiger partial charge in [0.2, 0.25) is 5.91 Å². The number of fused-ring (bicyclic) bond motifs is 1. The summed E-state index contributed by atoms with van der Waals surface area (Å²) >= 11 is 0. The molecule has 0 aliphatic carbocycles. The number of hydrogen-bond donors (Lipinski definition) is 2. The summed E-state index contributed by atoms with van der Waals surface area (Å²) in [7, 11) is 2.63. The highest BCUT2D eigenvalue weighted by molar-refractivity contribution is 7.84. The van der Waals surface area contributed by atoms with Crippen LogP contribution in [-0.4, -0.2) is 66.3 Å². The van der Waals surface area contributed by atoms with Gasteiger partial charge in [0.15, 0.2) is 11.2 Å². The maximum atomic E-state index is 13.0. The predicted molar refractivity (Wildman–Crippen MR) is 131 cm³/mol. The van der Waals surface area contributed by atoms with E-state index in [1.54, 1.807) is 12.1 Å². The van der Waals surface area contributed by atoms with Crippen molar-refractivity contribution in [2.45, 2.75) is 12.5 Å². The lowest BCUT2D eigenvalue weighted by molar-refractivity contribution is -0.118. The number of esters is 1. The molecular weight excluding hydrogens is 492 g/mol. The van der Waals surface area contributed by atoms with E-state index in [0.29, 0.717) is 0 Å². The summed E-state index contributed by atoms with van der Waals surface area (Å²) in [5.74, 6) is -2.05. The van der Waals surface area contributed by atoms with E-state index in [1.165, 1.54) is 39.6 Å². The number of hydrogen-bond acceptors (Lipinski definition) is 9. The SMILES string of the molecule is COC(=O)c1ccccc1NC(=O)[C@H](CC[S@](C)=O)NC(=O)c1cnc2c(n1)c(=O)n(C)c(=O)n2C. The third-order valence-electron chi connectivity index (χ3n) is 5.29. The van der Waals surface area contributed by atoms with Gasteiger partial charge in [0.05, 0.1) is 24.6 Å². The molecule has 1 aromatic carbocycles. The van der Waals surface area contributed by atoms with Crippen LogP contribution in [0.15, 0.2) is 40.1 Å². The standard InChI is InChI=1S/C22H24N6O7S/c1-27-17-16(20(31)28(2)22(27)33)24-15(11-23-17)19(30)26-14(9-10-36(4)34)18(29)25-13-8-6-5-7-12(13)21(32)35-3/h5-8,11,14H,9-10H2,1-4H3,(H,25,29)(H,26,30)/t14-,36-/m0/s1. The average molecular weight is 517 g/mol. The van der Waals surface area contributed by atoms with Gasteiger partial charge in [-0.25, -0.2) is 19.6 Å². The minimum absolute atomic E-state index is 0.00487. The predicted octanol–water partition coefficient (Wildman–Crippen LogP) is -0.680. The van der Waals surface area contributed by atoms with E-state index >= 15 is 0 Å². The van der Waals surface area contributed by atoms with Crippen molar-refractivity contribution >= 4 is 45.4 Å². The molecule has 2 amide bonds. The van der Waals surface area contributed by atoms with E-state index in [0.717, 1.165) is 15.3 Å². The van der Waals surface area contributed by atoms with Crippen molar-refractivity contribution in [2.24, 2.45) is 14.1 Å². The van der Waals surface area contributed by atoms with Crippen molar-refractivity contribution in [1.29, 1.82) is 0 Å². The van der Waals surface area contributed by atoms with Gasteiger partial charge in [0.25, 0.3) is 11.5 Å². The minimum Gasteiger partial charge on any atom is -0.465 e. The van der Waals surface area contributed by atoms with Crippen LogP contribution in [0.4, 0.5) is 5.69 Å². The van der Waals surface area contributed by atoms with Crippen LogP contribution in [0, 0.1) is 0 Å². The van der Waals surface area contributed by atoms with E-state index in [-0.39, 0.29) is 40.3 Å². The van der Waals surface area contributed by atoms with Gasteiger partial charge in [-0.1, -0.05) is 12.1 Å². The number of ether oxygens (including phenoxy) is 1. The van der Waals surface area contributed by atoms with Gasteiger partial charge in [-0.3, -0.25) is 27.7 Å². The van der Waals surface area contributed by atoms with Crippen molar-refractivity contribution < 1.29 is 23.3 Å². The molecule has 0 spiro atoms. The first-order valence-corrected chi connectivity index (χ1v) is 12.3. The van der Waals surface area contributed by atoms with Gasteiger partial charge in [-0.15, -0.1) is 0 Å². The van der Waals surface area contributed by atoms with Crippen LogP contribution < -0.4 is 21.9 Å². The highest BCUT2D eigenvalue weighted by Gasteiger charge is 2.25. The molecule has 3 rings (SSSR count). The van der Waals surface area contributed by atoms with E-state index in [2.05, 4.69) is 20.6 Å². The maximum Gasteiger partial charge on any atom is 0.339 e. The summed E-state index contributed by atoms with van der Waals surface area (Å²) in [6.07, 6.45) is 2.55.